The van der Waals surface area contributed by atoms with E-state index in [0.717, 1.165) is 5.56 Å². The van der Waals surface area contributed by atoms with Crippen molar-refractivity contribution in [2.75, 3.05) is 0 Å². The molecule has 0 fully saturated rings. The molecule has 0 bridgehead atoms. The normalized spacial score (nSPS) is 10.8. The van der Waals surface area contributed by atoms with Crippen LogP contribution in [0.3, 0.4) is 0 Å². The summed E-state index contributed by atoms with van der Waals surface area (Å²) in [6.45, 7) is 3.40. The van der Waals surface area contributed by atoms with Crippen molar-refractivity contribution in [2.45, 2.75) is 19.4 Å². The van der Waals surface area contributed by atoms with Gasteiger partial charge in [0.2, 0.25) is 0 Å². The SMILES string of the molecule is C#Cc1cnccc1C(C)(C)O. The smallest absolute Gasteiger partial charge is 0.0853 e. The van der Waals surface area contributed by atoms with Crippen LogP contribution in [0.2, 0.25) is 0 Å². The molecule has 0 atom stereocenters. The quantitative estimate of drug-likeness (QED) is 0.629. The first kappa shape index (κ1) is 8.76. The van der Waals surface area contributed by atoms with Crippen molar-refractivity contribution >= 4 is 0 Å². The molecule has 0 amide bonds. The predicted molar refractivity (Wildman–Crippen MR) is 47.4 cm³/mol. The maximum Gasteiger partial charge on any atom is 0.0853 e. The van der Waals surface area contributed by atoms with Crippen molar-refractivity contribution in [1.29, 1.82) is 0 Å². The summed E-state index contributed by atoms with van der Waals surface area (Å²) in [5, 5.41) is 9.68. The molecule has 0 aromatic carbocycles. The Bertz CT molecular complexity index is 317. The number of terminal acetylenes is 1. The first-order valence-electron chi connectivity index (χ1n) is 3.69. The van der Waals surface area contributed by atoms with Gasteiger partial charge in [0.1, 0.15) is 0 Å². The Balaban J connectivity index is 3.26. The Morgan fingerprint density at radius 2 is 2.25 bits per heavy atom. The van der Waals surface area contributed by atoms with Crippen molar-refractivity contribution in [2.24, 2.45) is 0 Å². The molecule has 2 nitrogen and oxygen atoms in total. The molecule has 0 saturated heterocycles. The van der Waals surface area contributed by atoms with Crippen LogP contribution >= 0.6 is 0 Å². The lowest BCUT2D eigenvalue weighted by molar-refractivity contribution is 0.0782. The molecule has 0 aliphatic heterocycles. The van der Waals surface area contributed by atoms with Gasteiger partial charge >= 0.3 is 0 Å². The van der Waals surface area contributed by atoms with Gasteiger partial charge < -0.3 is 5.11 Å². The molecule has 0 unspecified atom stereocenters. The third-order valence-electron chi connectivity index (χ3n) is 1.64. The highest BCUT2D eigenvalue weighted by Crippen LogP contribution is 2.21. The molecule has 0 spiro atoms. The van der Waals surface area contributed by atoms with E-state index >= 15 is 0 Å². The molecule has 0 radical (unpaired) electrons. The largest absolute Gasteiger partial charge is 0.386 e. The number of rotatable bonds is 1. The molecule has 1 rings (SSSR count). The molecule has 1 aromatic heterocycles. The highest BCUT2D eigenvalue weighted by Gasteiger charge is 2.18. The van der Waals surface area contributed by atoms with E-state index in [9.17, 15) is 5.11 Å². The van der Waals surface area contributed by atoms with Gasteiger partial charge in [0.15, 0.2) is 0 Å². The molecule has 0 aliphatic rings. The maximum atomic E-state index is 9.68. The van der Waals surface area contributed by atoms with E-state index in [-0.39, 0.29) is 0 Å². The van der Waals surface area contributed by atoms with Crippen LogP contribution in [-0.2, 0) is 5.60 Å². The number of aliphatic hydroxyl groups is 1. The molecule has 62 valence electrons. The van der Waals surface area contributed by atoms with E-state index in [4.69, 9.17) is 6.42 Å². The Kier molecular flexibility index (Phi) is 2.16. The van der Waals surface area contributed by atoms with Crippen molar-refractivity contribution in [3.05, 3.63) is 29.6 Å². The average molecular weight is 161 g/mol. The monoisotopic (exact) mass is 161 g/mol. The van der Waals surface area contributed by atoms with E-state index in [1.807, 2.05) is 0 Å². The van der Waals surface area contributed by atoms with E-state index in [1.54, 1.807) is 32.3 Å². The van der Waals surface area contributed by atoms with E-state index in [1.165, 1.54) is 0 Å². The third kappa shape index (κ3) is 1.63. The van der Waals surface area contributed by atoms with Crippen LogP contribution in [0.25, 0.3) is 0 Å². The second kappa shape index (κ2) is 2.96. The summed E-state index contributed by atoms with van der Waals surface area (Å²) < 4.78 is 0. The van der Waals surface area contributed by atoms with Crippen molar-refractivity contribution < 1.29 is 5.11 Å². The molecular formula is C10H11NO. The minimum Gasteiger partial charge on any atom is -0.386 e. The lowest BCUT2D eigenvalue weighted by Gasteiger charge is -2.18. The van der Waals surface area contributed by atoms with Crippen LogP contribution in [0.1, 0.15) is 25.0 Å². The maximum absolute atomic E-state index is 9.68. The van der Waals surface area contributed by atoms with Crippen LogP contribution in [0, 0.1) is 12.3 Å². The number of hydrogen-bond donors (Lipinski definition) is 1. The van der Waals surface area contributed by atoms with Gasteiger partial charge in [-0.2, -0.15) is 0 Å². The lowest BCUT2D eigenvalue weighted by atomic mass is 9.95. The summed E-state index contributed by atoms with van der Waals surface area (Å²) in [7, 11) is 0. The van der Waals surface area contributed by atoms with Crippen LogP contribution in [0.4, 0.5) is 0 Å². The van der Waals surface area contributed by atoms with Crippen molar-refractivity contribution in [3.63, 3.8) is 0 Å². The van der Waals surface area contributed by atoms with Crippen LogP contribution in [0.5, 0.6) is 0 Å². The first-order chi connectivity index (χ1) is 5.55. The Morgan fingerprint density at radius 1 is 1.58 bits per heavy atom. The molecule has 1 heterocycles. The highest BCUT2D eigenvalue weighted by atomic mass is 16.3. The van der Waals surface area contributed by atoms with Crippen LogP contribution < -0.4 is 0 Å². The number of hydrogen-bond acceptors (Lipinski definition) is 2. The fraction of sp³-hybridized carbons (Fsp3) is 0.300. The number of pyridine rings is 1. The van der Waals surface area contributed by atoms with Crippen LogP contribution in [0.15, 0.2) is 18.5 Å². The summed E-state index contributed by atoms with van der Waals surface area (Å²) >= 11 is 0. The lowest BCUT2D eigenvalue weighted by Crippen LogP contribution is -2.17. The minimum absolute atomic E-state index is 0.644. The van der Waals surface area contributed by atoms with Gasteiger partial charge in [-0.15, -0.1) is 6.42 Å². The summed E-state index contributed by atoms with van der Waals surface area (Å²) in [4.78, 5) is 3.88. The standard InChI is InChI=1S/C10H11NO/c1-4-8-7-11-6-5-9(8)10(2,3)12/h1,5-7,12H,2-3H3. The number of nitrogens with zero attached hydrogens (tertiary/aromatic N) is 1. The zero-order chi connectivity index (χ0) is 9.19. The topological polar surface area (TPSA) is 33.1 Å². The second-order valence-corrected chi connectivity index (χ2v) is 3.12. The van der Waals surface area contributed by atoms with Crippen molar-refractivity contribution in [1.82, 2.24) is 4.98 Å². The third-order valence-corrected chi connectivity index (χ3v) is 1.64. The number of aromatic nitrogens is 1. The Morgan fingerprint density at radius 3 is 2.67 bits per heavy atom. The molecule has 1 aromatic rings. The molecule has 0 aliphatic carbocycles. The van der Waals surface area contributed by atoms with E-state index in [2.05, 4.69) is 10.9 Å². The van der Waals surface area contributed by atoms with Gasteiger partial charge in [-0.25, -0.2) is 0 Å². The molecular weight excluding hydrogens is 150 g/mol. The minimum atomic E-state index is -0.898. The molecule has 2 heteroatoms. The van der Waals surface area contributed by atoms with Gasteiger partial charge in [-0.3, -0.25) is 4.98 Å². The zero-order valence-electron chi connectivity index (χ0n) is 7.20. The van der Waals surface area contributed by atoms with Gasteiger partial charge in [-0.1, -0.05) is 5.92 Å². The van der Waals surface area contributed by atoms with E-state index < -0.39 is 5.60 Å². The van der Waals surface area contributed by atoms with Gasteiger partial charge in [-0.05, 0) is 19.9 Å². The Labute approximate surface area is 72.3 Å². The predicted octanol–water partition coefficient (Wildman–Crippen LogP) is 1.29. The summed E-state index contributed by atoms with van der Waals surface area (Å²) in [5.41, 5.74) is 0.481. The first-order valence-corrected chi connectivity index (χ1v) is 3.69. The Hall–Kier alpha value is -1.33. The second-order valence-electron chi connectivity index (χ2n) is 3.12. The summed E-state index contributed by atoms with van der Waals surface area (Å²) in [6, 6.07) is 1.73. The highest BCUT2D eigenvalue weighted by molar-refractivity contribution is 5.40. The molecule has 1 N–H and O–H groups in total. The van der Waals surface area contributed by atoms with Crippen molar-refractivity contribution in [3.8, 4) is 12.3 Å². The molecule has 12 heavy (non-hydrogen) atoms. The van der Waals surface area contributed by atoms with E-state index in [0.29, 0.717) is 5.56 Å². The summed E-state index contributed by atoms with van der Waals surface area (Å²) in [5.74, 6) is 2.48. The van der Waals surface area contributed by atoms with Gasteiger partial charge in [0.25, 0.3) is 0 Å². The average Bonchev–Trinajstić information content (AvgIpc) is 2.03. The fourth-order valence-corrected chi connectivity index (χ4v) is 1.04. The van der Waals surface area contributed by atoms with Crippen LogP contribution in [-0.4, -0.2) is 10.1 Å². The van der Waals surface area contributed by atoms with Gasteiger partial charge in [0.05, 0.1) is 5.60 Å². The fourth-order valence-electron chi connectivity index (χ4n) is 1.04. The summed E-state index contributed by atoms with van der Waals surface area (Å²) in [6.07, 6.45) is 8.44. The zero-order valence-corrected chi connectivity index (χ0v) is 7.20. The van der Waals surface area contributed by atoms with Gasteiger partial charge in [0, 0.05) is 23.5 Å². The molecule has 0 saturated carbocycles.